The number of hydrogen-bond acceptors (Lipinski definition) is 5. The van der Waals surface area contributed by atoms with Crippen molar-refractivity contribution < 1.29 is 9.53 Å². The Labute approximate surface area is 157 Å². The van der Waals surface area contributed by atoms with Crippen LogP contribution in [0.3, 0.4) is 0 Å². The quantitative estimate of drug-likeness (QED) is 0.500. The summed E-state index contributed by atoms with van der Waals surface area (Å²) in [6, 6.07) is 10.9. The molecule has 0 unspecified atom stereocenters. The monoisotopic (exact) mass is 365 g/mol. The highest BCUT2D eigenvalue weighted by Gasteiger charge is 2.19. The Morgan fingerprint density at radius 3 is 2.67 bits per heavy atom. The minimum atomic E-state index is -0.235. The molecule has 1 amide bonds. The van der Waals surface area contributed by atoms with E-state index in [-0.39, 0.29) is 11.9 Å². The second-order valence-corrected chi connectivity index (χ2v) is 6.29. The predicted molar refractivity (Wildman–Crippen MR) is 108 cm³/mol. The van der Waals surface area contributed by atoms with E-state index in [9.17, 15) is 4.79 Å². The molecule has 0 spiro atoms. The van der Waals surface area contributed by atoms with Crippen LogP contribution in [0, 0.1) is 0 Å². The van der Waals surface area contributed by atoms with Crippen molar-refractivity contribution >= 4 is 34.6 Å². The van der Waals surface area contributed by atoms with Crippen molar-refractivity contribution in [1.82, 2.24) is 15.5 Å². The van der Waals surface area contributed by atoms with Gasteiger partial charge < -0.3 is 21.5 Å². The lowest BCUT2D eigenvalue weighted by molar-refractivity contribution is 0.0938. The highest BCUT2D eigenvalue weighted by atomic mass is 16.5. The molecule has 0 aliphatic rings. The van der Waals surface area contributed by atoms with Crippen LogP contribution in [0.1, 0.15) is 28.5 Å². The lowest BCUT2D eigenvalue weighted by atomic mass is 10.1. The molecule has 1 atom stereocenters. The van der Waals surface area contributed by atoms with E-state index in [1.54, 1.807) is 13.2 Å². The van der Waals surface area contributed by atoms with Crippen molar-refractivity contribution in [3.05, 3.63) is 53.2 Å². The number of ether oxygens (including phenoxy) is 1. The third kappa shape index (κ3) is 3.93. The van der Waals surface area contributed by atoms with Crippen molar-refractivity contribution in [2.24, 2.45) is 5.73 Å². The highest BCUT2D eigenvalue weighted by molar-refractivity contribution is 6.05. The molecular weight excluding hydrogens is 342 g/mol. The van der Waals surface area contributed by atoms with Gasteiger partial charge in [-0.25, -0.2) is 0 Å². The number of aromatic amines is 1. The number of nitrogen functional groups attached to an aromatic ring is 1. The summed E-state index contributed by atoms with van der Waals surface area (Å²) >= 11 is 0. The Morgan fingerprint density at radius 2 is 2.00 bits per heavy atom. The van der Waals surface area contributed by atoms with Gasteiger partial charge in [-0.3, -0.25) is 9.89 Å². The van der Waals surface area contributed by atoms with E-state index in [1.807, 2.05) is 49.4 Å². The summed E-state index contributed by atoms with van der Waals surface area (Å²) in [6.45, 7) is 2.21. The number of fused-ring (bicyclic) bond motifs is 1. The minimum Gasteiger partial charge on any atom is -0.495 e. The van der Waals surface area contributed by atoms with E-state index in [0.29, 0.717) is 29.2 Å². The Morgan fingerprint density at radius 1 is 1.26 bits per heavy atom. The second kappa shape index (κ2) is 7.92. The zero-order valence-corrected chi connectivity index (χ0v) is 15.3. The van der Waals surface area contributed by atoms with Crippen LogP contribution in [0.15, 0.2) is 36.4 Å². The normalized spacial score (nSPS) is 12.4. The SMILES string of the molecule is COc1c(C(=O)N[C@@H](C)CN)ccc2[nH]nc(C=Cc3ccc(N)cc3)c12. The second-order valence-electron chi connectivity index (χ2n) is 6.29. The molecule has 0 aliphatic heterocycles. The average Bonchev–Trinajstić information content (AvgIpc) is 3.09. The van der Waals surface area contributed by atoms with Crippen LogP contribution in [-0.4, -0.2) is 35.8 Å². The first-order valence-electron chi connectivity index (χ1n) is 8.63. The fraction of sp³-hybridized carbons (Fsp3) is 0.200. The van der Waals surface area contributed by atoms with Crippen LogP contribution in [0.25, 0.3) is 23.1 Å². The molecule has 0 aliphatic carbocycles. The Kier molecular flexibility index (Phi) is 5.42. The molecular formula is C20H23N5O2. The highest BCUT2D eigenvalue weighted by Crippen LogP contribution is 2.32. The van der Waals surface area contributed by atoms with Crippen molar-refractivity contribution in [3.63, 3.8) is 0 Å². The number of amides is 1. The van der Waals surface area contributed by atoms with Gasteiger partial charge in [0.25, 0.3) is 5.91 Å². The van der Waals surface area contributed by atoms with E-state index >= 15 is 0 Å². The van der Waals surface area contributed by atoms with E-state index in [4.69, 9.17) is 16.2 Å². The molecule has 1 heterocycles. The van der Waals surface area contributed by atoms with Gasteiger partial charge in [-0.2, -0.15) is 5.10 Å². The van der Waals surface area contributed by atoms with Gasteiger partial charge in [0.2, 0.25) is 0 Å². The van der Waals surface area contributed by atoms with Gasteiger partial charge in [-0.15, -0.1) is 0 Å². The fourth-order valence-corrected chi connectivity index (χ4v) is 2.76. The van der Waals surface area contributed by atoms with E-state index < -0.39 is 0 Å². The summed E-state index contributed by atoms with van der Waals surface area (Å²) in [7, 11) is 1.54. The number of carbonyl (C=O) groups excluding carboxylic acids is 1. The van der Waals surface area contributed by atoms with E-state index in [2.05, 4.69) is 15.5 Å². The summed E-state index contributed by atoms with van der Waals surface area (Å²) in [6.07, 6.45) is 3.80. The van der Waals surface area contributed by atoms with Gasteiger partial charge in [-0.1, -0.05) is 18.2 Å². The number of aromatic nitrogens is 2. The lowest BCUT2D eigenvalue weighted by Gasteiger charge is -2.14. The fourth-order valence-electron chi connectivity index (χ4n) is 2.76. The minimum absolute atomic E-state index is 0.132. The van der Waals surface area contributed by atoms with Crippen LogP contribution < -0.4 is 21.5 Å². The van der Waals surface area contributed by atoms with Crippen LogP contribution in [0.4, 0.5) is 5.69 Å². The third-order valence-electron chi connectivity index (χ3n) is 4.26. The van der Waals surface area contributed by atoms with E-state index in [1.165, 1.54) is 0 Å². The van der Waals surface area contributed by atoms with Crippen LogP contribution in [-0.2, 0) is 0 Å². The van der Waals surface area contributed by atoms with Crippen LogP contribution in [0.2, 0.25) is 0 Å². The van der Waals surface area contributed by atoms with Gasteiger partial charge in [-0.05, 0) is 42.8 Å². The molecule has 2 aromatic carbocycles. The average molecular weight is 365 g/mol. The van der Waals surface area contributed by atoms with Gasteiger partial charge in [0.1, 0.15) is 5.75 Å². The van der Waals surface area contributed by atoms with Gasteiger partial charge in [0.15, 0.2) is 0 Å². The number of carbonyl (C=O) groups is 1. The topological polar surface area (TPSA) is 119 Å². The number of anilines is 1. The van der Waals surface area contributed by atoms with Crippen molar-refractivity contribution in [3.8, 4) is 5.75 Å². The number of benzene rings is 2. The molecule has 7 heteroatoms. The van der Waals surface area contributed by atoms with Crippen LogP contribution >= 0.6 is 0 Å². The Bertz CT molecular complexity index is 976. The third-order valence-corrected chi connectivity index (χ3v) is 4.26. The number of rotatable bonds is 6. The summed E-state index contributed by atoms with van der Waals surface area (Å²) in [5, 5.41) is 10.9. The Hall–Kier alpha value is -3.32. The maximum Gasteiger partial charge on any atom is 0.255 e. The molecule has 0 bridgehead atoms. The van der Waals surface area contributed by atoms with Crippen molar-refractivity contribution in [2.75, 3.05) is 19.4 Å². The number of nitrogens with two attached hydrogens (primary N) is 2. The molecule has 0 fully saturated rings. The summed E-state index contributed by atoms with van der Waals surface area (Å²) in [4.78, 5) is 12.6. The van der Waals surface area contributed by atoms with Crippen molar-refractivity contribution in [1.29, 1.82) is 0 Å². The largest absolute Gasteiger partial charge is 0.495 e. The molecule has 27 heavy (non-hydrogen) atoms. The summed E-state index contributed by atoms with van der Waals surface area (Å²) in [5.41, 5.74) is 14.9. The maximum absolute atomic E-state index is 12.6. The molecule has 140 valence electrons. The number of hydrogen-bond donors (Lipinski definition) is 4. The van der Waals surface area contributed by atoms with Crippen molar-refractivity contribution in [2.45, 2.75) is 13.0 Å². The molecule has 6 N–H and O–H groups in total. The summed E-state index contributed by atoms with van der Waals surface area (Å²) in [5.74, 6) is 0.237. The predicted octanol–water partition coefficient (Wildman–Crippen LogP) is 2.40. The lowest BCUT2D eigenvalue weighted by Crippen LogP contribution is -2.37. The molecule has 0 saturated heterocycles. The first-order chi connectivity index (χ1) is 13.0. The maximum atomic E-state index is 12.6. The van der Waals surface area contributed by atoms with E-state index in [0.717, 1.165) is 16.5 Å². The molecule has 3 rings (SSSR count). The number of methoxy groups -OCH3 is 1. The molecule has 3 aromatic rings. The zero-order chi connectivity index (χ0) is 19.4. The smallest absolute Gasteiger partial charge is 0.255 e. The standard InChI is InChI=1S/C20H23N5O2/c1-12(11-21)23-20(26)15-8-10-17-18(19(15)27-2)16(24-25-17)9-5-13-3-6-14(22)7-4-13/h3-10,12H,11,21-22H2,1-2H3,(H,23,26)(H,24,25)/t12-/m0/s1. The zero-order valence-electron chi connectivity index (χ0n) is 15.3. The molecule has 0 saturated carbocycles. The summed E-state index contributed by atoms with van der Waals surface area (Å²) < 4.78 is 5.56. The first kappa shape index (κ1) is 18.5. The molecule has 1 aromatic heterocycles. The van der Waals surface area contributed by atoms with Gasteiger partial charge >= 0.3 is 0 Å². The molecule has 0 radical (unpaired) electrons. The Balaban J connectivity index is 2.01. The van der Waals surface area contributed by atoms with Gasteiger partial charge in [0, 0.05) is 18.3 Å². The number of nitrogens with one attached hydrogen (secondary N) is 2. The van der Waals surface area contributed by atoms with Crippen LogP contribution in [0.5, 0.6) is 5.75 Å². The number of nitrogens with zero attached hydrogens (tertiary/aromatic N) is 1. The number of H-pyrrole nitrogens is 1. The first-order valence-corrected chi connectivity index (χ1v) is 8.63. The van der Waals surface area contributed by atoms with Gasteiger partial charge in [0.05, 0.1) is 29.3 Å². The molecule has 7 nitrogen and oxygen atoms in total.